The van der Waals surface area contributed by atoms with E-state index in [2.05, 4.69) is 23.6 Å². The van der Waals surface area contributed by atoms with Crippen molar-refractivity contribution >= 4 is 29.9 Å². The first-order valence-electron chi connectivity index (χ1n) is 10.3. The van der Waals surface area contributed by atoms with Crippen molar-refractivity contribution in [3.63, 3.8) is 0 Å². The standard InChI is InChI=1S/C21H33N3O3.HI/c1-2-22-21(23-11-5-12-27-17-10-13-26-15-17)24-14-19-18-7-4-3-6-16(18)8-9-20(19)25;/h8-9,17,25H,2-7,10-15H2,1H3,(H2,22,23,24);1H. The minimum absolute atomic E-state index is 0. The van der Waals surface area contributed by atoms with Crippen molar-refractivity contribution in [1.29, 1.82) is 0 Å². The van der Waals surface area contributed by atoms with Crippen LogP contribution in [0.25, 0.3) is 0 Å². The minimum Gasteiger partial charge on any atom is -0.508 e. The molecule has 0 saturated carbocycles. The lowest BCUT2D eigenvalue weighted by atomic mass is 9.88. The molecular weight excluding hydrogens is 469 g/mol. The molecule has 28 heavy (non-hydrogen) atoms. The Morgan fingerprint density at radius 1 is 1.29 bits per heavy atom. The van der Waals surface area contributed by atoms with Gasteiger partial charge in [0.15, 0.2) is 5.96 Å². The van der Waals surface area contributed by atoms with Crippen molar-refractivity contribution in [3.8, 4) is 5.75 Å². The summed E-state index contributed by atoms with van der Waals surface area (Å²) in [5.74, 6) is 1.15. The Morgan fingerprint density at radius 2 is 2.14 bits per heavy atom. The van der Waals surface area contributed by atoms with E-state index in [4.69, 9.17) is 14.5 Å². The number of aliphatic imine (C=N–C) groups is 1. The molecule has 1 aromatic rings. The van der Waals surface area contributed by atoms with Crippen LogP contribution in [-0.4, -0.2) is 50.1 Å². The number of nitrogens with one attached hydrogen (secondary N) is 2. The predicted molar refractivity (Wildman–Crippen MR) is 123 cm³/mol. The third-order valence-corrected chi connectivity index (χ3v) is 5.22. The Kier molecular flexibility index (Phi) is 10.4. The smallest absolute Gasteiger partial charge is 0.191 e. The number of nitrogens with zero attached hydrogens (tertiary/aromatic N) is 1. The highest BCUT2D eigenvalue weighted by Gasteiger charge is 2.17. The monoisotopic (exact) mass is 503 g/mol. The Balaban J connectivity index is 0.00000280. The Labute approximate surface area is 185 Å². The molecule has 0 bridgehead atoms. The van der Waals surface area contributed by atoms with Crippen LogP contribution < -0.4 is 10.6 Å². The average Bonchev–Trinajstić information content (AvgIpc) is 3.20. The van der Waals surface area contributed by atoms with Crippen molar-refractivity contribution in [1.82, 2.24) is 10.6 Å². The van der Waals surface area contributed by atoms with Gasteiger partial charge in [-0.15, -0.1) is 24.0 Å². The number of fused-ring (bicyclic) bond motifs is 1. The molecule has 0 aromatic heterocycles. The summed E-state index contributed by atoms with van der Waals surface area (Å²) in [6.45, 7) is 6.44. The second-order valence-electron chi connectivity index (χ2n) is 7.24. The van der Waals surface area contributed by atoms with Crippen molar-refractivity contribution in [2.75, 3.05) is 32.9 Å². The fourth-order valence-corrected chi connectivity index (χ4v) is 3.74. The van der Waals surface area contributed by atoms with Gasteiger partial charge in [-0.1, -0.05) is 6.07 Å². The summed E-state index contributed by atoms with van der Waals surface area (Å²) in [5, 5.41) is 17.0. The van der Waals surface area contributed by atoms with Gasteiger partial charge in [0.1, 0.15) is 5.75 Å². The number of halogens is 1. The quantitative estimate of drug-likeness (QED) is 0.220. The number of phenols is 1. The van der Waals surface area contributed by atoms with Gasteiger partial charge in [-0.05, 0) is 62.6 Å². The van der Waals surface area contributed by atoms with Crippen LogP contribution in [0.3, 0.4) is 0 Å². The fraction of sp³-hybridized carbons (Fsp3) is 0.667. The van der Waals surface area contributed by atoms with Gasteiger partial charge in [0.25, 0.3) is 0 Å². The van der Waals surface area contributed by atoms with Gasteiger partial charge in [-0.2, -0.15) is 0 Å². The van der Waals surface area contributed by atoms with Crippen LogP contribution in [0.1, 0.15) is 49.3 Å². The number of hydrogen-bond donors (Lipinski definition) is 3. The van der Waals surface area contributed by atoms with E-state index in [1.807, 2.05) is 6.07 Å². The molecule has 7 heteroatoms. The summed E-state index contributed by atoms with van der Waals surface area (Å²) in [5.41, 5.74) is 3.65. The Morgan fingerprint density at radius 3 is 2.93 bits per heavy atom. The molecule has 1 heterocycles. The molecule has 1 atom stereocenters. The van der Waals surface area contributed by atoms with Crippen LogP contribution >= 0.6 is 24.0 Å². The second-order valence-corrected chi connectivity index (χ2v) is 7.24. The van der Waals surface area contributed by atoms with E-state index in [-0.39, 0.29) is 30.1 Å². The third kappa shape index (κ3) is 6.77. The van der Waals surface area contributed by atoms with Crippen LogP contribution in [0.5, 0.6) is 5.75 Å². The first kappa shape index (κ1) is 23.2. The van der Waals surface area contributed by atoms with Gasteiger partial charge >= 0.3 is 0 Å². The summed E-state index contributed by atoms with van der Waals surface area (Å²) < 4.78 is 11.1. The number of aryl methyl sites for hydroxylation is 1. The summed E-state index contributed by atoms with van der Waals surface area (Å²) in [6, 6.07) is 3.88. The van der Waals surface area contributed by atoms with E-state index in [9.17, 15) is 5.11 Å². The van der Waals surface area contributed by atoms with Crippen molar-refractivity contribution in [2.24, 2.45) is 4.99 Å². The van der Waals surface area contributed by atoms with E-state index in [0.717, 1.165) is 70.1 Å². The molecule has 0 amide bonds. The zero-order chi connectivity index (χ0) is 18.9. The largest absolute Gasteiger partial charge is 0.508 e. The van der Waals surface area contributed by atoms with E-state index in [1.54, 1.807) is 0 Å². The number of aromatic hydroxyl groups is 1. The van der Waals surface area contributed by atoms with Gasteiger partial charge < -0.3 is 25.2 Å². The highest BCUT2D eigenvalue weighted by Crippen LogP contribution is 2.31. The topological polar surface area (TPSA) is 75.1 Å². The van der Waals surface area contributed by atoms with Crippen molar-refractivity contribution in [3.05, 3.63) is 28.8 Å². The molecule has 1 aliphatic carbocycles. The maximum absolute atomic E-state index is 10.3. The highest BCUT2D eigenvalue weighted by atomic mass is 127. The summed E-state index contributed by atoms with van der Waals surface area (Å²) >= 11 is 0. The maximum Gasteiger partial charge on any atom is 0.191 e. The Hall–Kier alpha value is -1.06. The van der Waals surface area contributed by atoms with Gasteiger partial charge in [-0.25, -0.2) is 4.99 Å². The molecule has 0 spiro atoms. The SMILES string of the molecule is CCNC(=NCc1c(O)ccc2c1CCCC2)NCCCOC1CCOC1.I. The van der Waals surface area contributed by atoms with Crippen LogP contribution in [-0.2, 0) is 28.9 Å². The molecule has 1 saturated heterocycles. The van der Waals surface area contributed by atoms with E-state index >= 15 is 0 Å². The van der Waals surface area contributed by atoms with Crippen LogP contribution in [0.15, 0.2) is 17.1 Å². The van der Waals surface area contributed by atoms with Gasteiger partial charge in [-0.3, -0.25) is 0 Å². The molecule has 1 fully saturated rings. The maximum atomic E-state index is 10.3. The first-order chi connectivity index (χ1) is 13.3. The minimum atomic E-state index is 0. The van der Waals surface area contributed by atoms with Gasteiger partial charge in [0.05, 0.1) is 19.3 Å². The molecule has 3 N–H and O–H groups in total. The molecule has 1 aliphatic heterocycles. The molecule has 3 rings (SSSR count). The number of ether oxygens (including phenoxy) is 2. The molecule has 1 unspecified atom stereocenters. The summed E-state index contributed by atoms with van der Waals surface area (Å²) in [6.07, 6.45) is 6.77. The third-order valence-electron chi connectivity index (χ3n) is 5.22. The number of guanidine groups is 1. The molecule has 6 nitrogen and oxygen atoms in total. The normalized spacial score (nSPS) is 19.0. The summed E-state index contributed by atoms with van der Waals surface area (Å²) in [4.78, 5) is 4.70. The summed E-state index contributed by atoms with van der Waals surface area (Å²) in [7, 11) is 0. The average molecular weight is 503 g/mol. The van der Waals surface area contributed by atoms with Crippen molar-refractivity contribution in [2.45, 2.75) is 58.1 Å². The zero-order valence-electron chi connectivity index (χ0n) is 16.8. The molecule has 2 aliphatic rings. The first-order valence-corrected chi connectivity index (χ1v) is 10.3. The lowest BCUT2D eigenvalue weighted by Crippen LogP contribution is -2.38. The number of benzene rings is 1. The van der Waals surface area contributed by atoms with Gasteiger partial charge in [0, 0.05) is 31.9 Å². The number of hydrogen-bond acceptors (Lipinski definition) is 4. The number of phenolic OH excluding ortho intramolecular Hbond substituents is 1. The molecule has 158 valence electrons. The zero-order valence-corrected chi connectivity index (χ0v) is 19.2. The van der Waals surface area contributed by atoms with E-state index in [0.29, 0.717) is 12.3 Å². The number of rotatable bonds is 8. The predicted octanol–water partition coefficient (Wildman–Crippen LogP) is 3.14. The molecule has 0 radical (unpaired) electrons. The second kappa shape index (κ2) is 12.5. The van der Waals surface area contributed by atoms with Gasteiger partial charge in [0.2, 0.25) is 0 Å². The Bertz CT molecular complexity index is 634. The molecule has 1 aromatic carbocycles. The highest BCUT2D eigenvalue weighted by molar-refractivity contribution is 14.0. The van der Waals surface area contributed by atoms with Crippen LogP contribution in [0.2, 0.25) is 0 Å². The molecular formula is C21H34IN3O3. The van der Waals surface area contributed by atoms with E-state index in [1.165, 1.54) is 24.0 Å². The van der Waals surface area contributed by atoms with Crippen LogP contribution in [0, 0.1) is 0 Å². The van der Waals surface area contributed by atoms with E-state index < -0.39 is 0 Å². The van der Waals surface area contributed by atoms with Crippen molar-refractivity contribution < 1.29 is 14.6 Å². The lowest BCUT2D eigenvalue weighted by Gasteiger charge is -2.20. The fourth-order valence-electron chi connectivity index (χ4n) is 3.74. The van der Waals surface area contributed by atoms with Crippen LogP contribution in [0.4, 0.5) is 0 Å². The lowest BCUT2D eigenvalue weighted by molar-refractivity contribution is 0.0420.